The Labute approximate surface area is 106 Å². The summed E-state index contributed by atoms with van der Waals surface area (Å²) in [6, 6.07) is 0. The van der Waals surface area contributed by atoms with Crippen LogP contribution in [0.4, 0.5) is 0 Å². The SMILES string of the molecule is CCCCCC(CCCC)c1nc(C)cn1C. The minimum atomic E-state index is 0.667. The normalized spacial score (nSPS) is 12.9. The van der Waals surface area contributed by atoms with Gasteiger partial charge in [-0.15, -0.1) is 0 Å². The summed E-state index contributed by atoms with van der Waals surface area (Å²) in [4.78, 5) is 4.71. The van der Waals surface area contributed by atoms with Gasteiger partial charge in [0, 0.05) is 19.2 Å². The van der Waals surface area contributed by atoms with Crippen LogP contribution in [0, 0.1) is 6.92 Å². The molecule has 0 saturated carbocycles. The van der Waals surface area contributed by atoms with E-state index in [0.29, 0.717) is 5.92 Å². The van der Waals surface area contributed by atoms with Gasteiger partial charge in [0.1, 0.15) is 5.82 Å². The molecule has 0 aromatic carbocycles. The van der Waals surface area contributed by atoms with Crippen molar-refractivity contribution >= 4 is 0 Å². The van der Waals surface area contributed by atoms with Gasteiger partial charge in [-0.2, -0.15) is 0 Å². The molecule has 0 spiro atoms. The highest BCUT2D eigenvalue weighted by atomic mass is 15.0. The summed E-state index contributed by atoms with van der Waals surface area (Å²) in [5.41, 5.74) is 1.15. The lowest BCUT2D eigenvalue weighted by molar-refractivity contribution is 0.484. The number of imidazole rings is 1. The second kappa shape index (κ2) is 7.52. The highest BCUT2D eigenvalue weighted by Gasteiger charge is 2.15. The van der Waals surface area contributed by atoms with Gasteiger partial charge >= 0.3 is 0 Å². The Morgan fingerprint density at radius 2 is 1.76 bits per heavy atom. The van der Waals surface area contributed by atoms with Gasteiger partial charge in [-0.1, -0.05) is 46.0 Å². The lowest BCUT2D eigenvalue weighted by atomic mass is 9.94. The zero-order valence-electron chi connectivity index (χ0n) is 12.0. The third kappa shape index (κ3) is 4.53. The molecule has 0 N–H and O–H groups in total. The Kier molecular flexibility index (Phi) is 6.31. The molecule has 0 aliphatic carbocycles. The van der Waals surface area contributed by atoms with Crippen molar-refractivity contribution in [2.45, 2.75) is 71.6 Å². The van der Waals surface area contributed by atoms with Crippen LogP contribution in [0.3, 0.4) is 0 Å². The Hall–Kier alpha value is -0.790. The van der Waals surface area contributed by atoms with E-state index < -0.39 is 0 Å². The summed E-state index contributed by atoms with van der Waals surface area (Å²) in [6.45, 7) is 6.63. The van der Waals surface area contributed by atoms with Crippen LogP contribution in [-0.4, -0.2) is 9.55 Å². The quantitative estimate of drug-likeness (QED) is 0.604. The molecule has 0 saturated heterocycles. The first-order chi connectivity index (χ1) is 8.19. The van der Waals surface area contributed by atoms with Crippen LogP contribution >= 0.6 is 0 Å². The lowest BCUT2D eigenvalue weighted by Crippen LogP contribution is -2.06. The molecule has 1 heterocycles. The molecular weight excluding hydrogens is 208 g/mol. The monoisotopic (exact) mass is 236 g/mol. The summed E-state index contributed by atoms with van der Waals surface area (Å²) < 4.78 is 2.22. The summed E-state index contributed by atoms with van der Waals surface area (Å²) in [5, 5.41) is 0. The first-order valence-corrected chi connectivity index (χ1v) is 7.18. The molecule has 1 rings (SSSR count). The average Bonchev–Trinajstić information content (AvgIpc) is 2.63. The molecule has 1 aromatic rings. The van der Waals surface area contributed by atoms with Gasteiger partial charge in [0.15, 0.2) is 0 Å². The fourth-order valence-electron chi connectivity index (χ4n) is 2.51. The van der Waals surface area contributed by atoms with E-state index >= 15 is 0 Å². The van der Waals surface area contributed by atoms with Crippen molar-refractivity contribution in [3.8, 4) is 0 Å². The topological polar surface area (TPSA) is 17.8 Å². The Morgan fingerprint density at radius 3 is 2.29 bits per heavy atom. The van der Waals surface area contributed by atoms with Crippen LogP contribution in [0.25, 0.3) is 0 Å². The van der Waals surface area contributed by atoms with Gasteiger partial charge in [-0.25, -0.2) is 4.98 Å². The minimum Gasteiger partial charge on any atom is -0.337 e. The molecule has 0 aliphatic heterocycles. The highest BCUT2D eigenvalue weighted by molar-refractivity contribution is 5.06. The third-order valence-electron chi connectivity index (χ3n) is 3.46. The number of nitrogens with zero attached hydrogens (tertiary/aromatic N) is 2. The van der Waals surface area contributed by atoms with E-state index in [0.717, 1.165) is 5.69 Å². The van der Waals surface area contributed by atoms with E-state index in [9.17, 15) is 0 Å². The van der Waals surface area contributed by atoms with Crippen LogP contribution in [0.15, 0.2) is 6.20 Å². The molecule has 0 radical (unpaired) electrons. The molecule has 1 atom stereocenters. The largest absolute Gasteiger partial charge is 0.337 e. The summed E-state index contributed by atoms with van der Waals surface area (Å²) in [5.74, 6) is 1.97. The van der Waals surface area contributed by atoms with Crippen molar-refractivity contribution < 1.29 is 0 Å². The minimum absolute atomic E-state index is 0.667. The van der Waals surface area contributed by atoms with E-state index in [1.165, 1.54) is 50.8 Å². The number of aromatic nitrogens is 2. The molecule has 2 heteroatoms. The molecule has 2 nitrogen and oxygen atoms in total. The van der Waals surface area contributed by atoms with Crippen molar-refractivity contribution in [2.75, 3.05) is 0 Å². The molecule has 17 heavy (non-hydrogen) atoms. The van der Waals surface area contributed by atoms with E-state index in [2.05, 4.69) is 38.6 Å². The molecular formula is C15H28N2. The Bertz CT molecular complexity index is 315. The Morgan fingerprint density at radius 1 is 1.12 bits per heavy atom. The molecule has 0 fully saturated rings. The summed E-state index contributed by atoms with van der Waals surface area (Å²) >= 11 is 0. The van der Waals surface area contributed by atoms with Crippen LogP contribution < -0.4 is 0 Å². The molecule has 98 valence electrons. The van der Waals surface area contributed by atoms with Crippen molar-refractivity contribution in [1.29, 1.82) is 0 Å². The molecule has 0 bridgehead atoms. The van der Waals surface area contributed by atoms with Crippen LogP contribution in [0.5, 0.6) is 0 Å². The Balaban J connectivity index is 2.64. The number of hydrogen-bond donors (Lipinski definition) is 0. The van der Waals surface area contributed by atoms with E-state index in [1.54, 1.807) is 0 Å². The van der Waals surface area contributed by atoms with Gasteiger partial charge in [0.25, 0.3) is 0 Å². The van der Waals surface area contributed by atoms with Crippen molar-refractivity contribution in [1.82, 2.24) is 9.55 Å². The standard InChI is InChI=1S/C15H28N2/c1-5-7-9-11-14(10-8-6-2)15-16-13(3)12-17(15)4/h12,14H,5-11H2,1-4H3. The highest BCUT2D eigenvalue weighted by Crippen LogP contribution is 2.27. The zero-order chi connectivity index (χ0) is 12.7. The zero-order valence-corrected chi connectivity index (χ0v) is 12.0. The fraction of sp³-hybridized carbons (Fsp3) is 0.800. The second-order valence-corrected chi connectivity index (χ2v) is 5.19. The maximum absolute atomic E-state index is 4.71. The first-order valence-electron chi connectivity index (χ1n) is 7.18. The van der Waals surface area contributed by atoms with Gasteiger partial charge < -0.3 is 4.57 Å². The predicted molar refractivity (Wildman–Crippen MR) is 74.4 cm³/mol. The molecule has 0 aliphatic rings. The summed E-state index contributed by atoms with van der Waals surface area (Å²) in [6.07, 6.45) is 11.4. The third-order valence-corrected chi connectivity index (χ3v) is 3.46. The number of rotatable bonds is 8. The maximum Gasteiger partial charge on any atom is 0.111 e. The lowest BCUT2D eigenvalue weighted by Gasteiger charge is -2.16. The predicted octanol–water partition coefficient (Wildman–Crippen LogP) is 4.58. The molecule has 1 aromatic heterocycles. The van der Waals surface area contributed by atoms with Crippen LogP contribution in [-0.2, 0) is 7.05 Å². The van der Waals surface area contributed by atoms with E-state index in [1.807, 2.05) is 0 Å². The van der Waals surface area contributed by atoms with Gasteiger partial charge in [0.05, 0.1) is 5.69 Å². The maximum atomic E-state index is 4.71. The van der Waals surface area contributed by atoms with Crippen LogP contribution in [0.1, 0.15) is 76.2 Å². The summed E-state index contributed by atoms with van der Waals surface area (Å²) in [7, 11) is 2.13. The molecule has 0 amide bonds. The van der Waals surface area contributed by atoms with E-state index in [-0.39, 0.29) is 0 Å². The molecule has 1 unspecified atom stereocenters. The van der Waals surface area contributed by atoms with E-state index in [4.69, 9.17) is 4.98 Å². The van der Waals surface area contributed by atoms with Gasteiger partial charge in [-0.3, -0.25) is 0 Å². The number of unbranched alkanes of at least 4 members (excludes halogenated alkanes) is 3. The number of hydrogen-bond acceptors (Lipinski definition) is 1. The second-order valence-electron chi connectivity index (χ2n) is 5.19. The van der Waals surface area contributed by atoms with Gasteiger partial charge in [0.2, 0.25) is 0 Å². The average molecular weight is 236 g/mol. The van der Waals surface area contributed by atoms with Crippen LogP contribution in [0.2, 0.25) is 0 Å². The first kappa shape index (κ1) is 14.3. The van der Waals surface area contributed by atoms with Crippen molar-refractivity contribution in [3.05, 3.63) is 17.7 Å². The fourth-order valence-corrected chi connectivity index (χ4v) is 2.51. The van der Waals surface area contributed by atoms with Crippen molar-refractivity contribution in [2.24, 2.45) is 7.05 Å². The van der Waals surface area contributed by atoms with Gasteiger partial charge in [-0.05, 0) is 19.8 Å². The number of aryl methyl sites for hydroxylation is 2. The van der Waals surface area contributed by atoms with Crippen molar-refractivity contribution in [3.63, 3.8) is 0 Å². The smallest absolute Gasteiger partial charge is 0.111 e.